The van der Waals surface area contributed by atoms with E-state index in [9.17, 15) is 9.59 Å². The minimum Gasteiger partial charge on any atom is -0.465 e. The maximum Gasteiger partial charge on any atom is 0.337 e. The number of imidazole rings is 1. The highest BCUT2D eigenvalue weighted by molar-refractivity contribution is 5.93. The topological polar surface area (TPSA) is 84.1 Å². The van der Waals surface area contributed by atoms with E-state index in [2.05, 4.69) is 20.0 Å². The molecule has 0 bridgehead atoms. The van der Waals surface area contributed by atoms with Gasteiger partial charge < -0.3 is 15.0 Å². The number of nitrogens with one attached hydrogen (secondary N) is 2. The van der Waals surface area contributed by atoms with Crippen LogP contribution in [0.1, 0.15) is 22.5 Å². The fraction of sp³-hybridized carbons (Fsp3) is 0.214. The Balaban J connectivity index is 1.86. The van der Waals surface area contributed by atoms with Crippen molar-refractivity contribution in [2.24, 2.45) is 0 Å². The molecule has 0 unspecified atom stereocenters. The van der Waals surface area contributed by atoms with Gasteiger partial charge >= 0.3 is 5.97 Å². The summed E-state index contributed by atoms with van der Waals surface area (Å²) in [5.41, 5.74) is 2.01. The van der Waals surface area contributed by atoms with Crippen LogP contribution in [0.25, 0.3) is 0 Å². The van der Waals surface area contributed by atoms with Gasteiger partial charge in [-0.05, 0) is 30.7 Å². The van der Waals surface area contributed by atoms with Gasteiger partial charge in [-0.2, -0.15) is 0 Å². The second-order valence-corrected chi connectivity index (χ2v) is 4.19. The summed E-state index contributed by atoms with van der Waals surface area (Å²) in [7, 11) is 1.33. The zero-order chi connectivity index (χ0) is 14.4. The second kappa shape index (κ2) is 6.51. The lowest BCUT2D eigenvalue weighted by Gasteiger charge is -2.05. The van der Waals surface area contributed by atoms with Gasteiger partial charge in [0, 0.05) is 24.0 Å². The van der Waals surface area contributed by atoms with Gasteiger partial charge in [0.2, 0.25) is 5.91 Å². The fourth-order valence-electron chi connectivity index (χ4n) is 1.70. The molecule has 1 amide bonds. The number of rotatable bonds is 5. The van der Waals surface area contributed by atoms with Gasteiger partial charge in [0.05, 0.1) is 19.0 Å². The predicted molar refractivity (Wildman–Crippen MR) is 73.3 cm³/mol. The molecule has 0 spiro atoms. The molecule has 1 aromatic carbocycles. The third-order valence-electron chi connectivity index (χ3n) is 2.77. The third kappa shape index (κ3) is 3.68. The van der Waals surface area contributed by atoms with Crippen LogP contribution in [-0.2, 0) is 16.0 Å². The molecule has 6 heteroatoms. The molecule has 0 aliphatic rings. The van der Waals surface area contributed by atoms with E-state index in [4.69, 9.17) is 0 Å². The van der Waals surface area contributed by atoms with Crippen LogP contribution in [0.5, 0.6) is 0 Å². The van der Waals surface area contributed by atoms with E-state index in [1.54, 1.807) is 36.8 Å². The van der Waals surface area contributed by atoms with Crippen LogP contribution in [0.3, 0.4) is 0 Å². The summed E-state index contributed by atoms with van der Waals surface area (Å²) in [5.74, 6) is -0.493. The molecule has 2 rings (SSSR count). The highest BCUT2D eigenvalue weighted by atomic mass is 16.5. The summed E-state index contributed by atoms with van der Waals surface area (Å²) >= 11 is 0. The molecule has 0 aliphatic carbocycles. The number of carbonyl (C=O) groups is 2. The smallest absolute Gasteiger partial charge is 0.337 e. The highest BCUT2D eigenvalue weighted by Crippen LogP contribution is 2.11. The number of carbonyl (C=O) groups excluding carboxylic acids is 2. The second-order valence-electron chi connectivity index (χ2n) is 4.19. The Morgan fingerprint density at radius 1 is 1.30 bits per heavy atom. The highest BCUT2D eigenvalue weighted by Gasteiger charge is 2.06. The minimum atomic E-state index is -0.401. The molecule has 2 aromatic rings. The summed E-state index contributed by atoms with van der Waals surface area (Å²) in [6.07, 6.45) is 4.24. The number of ether oxygens (including phenoxy) is 1. The summed E-state index contributed by atoms with van der Waals surface area (Å²) in [5, 5.41) is 2.76. The number of aryl methyl sites for hydroxylation is 1. The van der Waals surface area contributed by atoms with Gasteiger partial charge in [-0.3, -0.25) is 4.79 Å². The molecule has 0 aliphatic heterocycles. The molecule has 104 valence electrons. The molecular formula is C14H15N3O3. The monoisotopic (exact) mass is 273 g/mol. The molecule has 0 fully saturated rings. The number of nitrogens with zero attached hydrogens (tertiary/aromatic N) is 1. The lowest BCUT2D eigenvalue weighted by atomic mass is 10.2. The Morgan fingerprint density at radius 3 is 2.65 bits per heavy atom. The molecule has 0 radical (unpaired) electrons. The van der Waals surface area contributed by atoms with E-state index in [1.807, 2.05) is 0 Å². The average Bonchev–Trinajstić information content (AvgIpc) is 2.98. The molecule has 20 heavy (non-hydrogen) atoms. The Morgan fingerprint density at radius 2 is 2.05 bits per heavy atom. The van der Waals surface area contributed by atoms with Crippen LogP contribution in [-0.4, -0.2) is 29.0 Å². The maximum atomic E-state index is 11.7. The lowest BCUT2D eigenvalue weighted by Crippen LogP contribution is -2.12. The first-order valence-electron chi connectivity index (χ1n) is 6.14. The van der Waals surface area contributed by atoms with E-state index in [0.29, 0.717) is 24.1 Å². The Bertz CT molecular complexity index is 576. The zero-order valence-corrected chi connectivity index (χ0v) is 11.1. The van der Waals surface area contributed by atoms with Gasteiger partial charge in [0.25, 0.3) is 0 Å². The average molecular weight is 273 g/mol. The number of aromatic nitrogens is 2. The van der Waals surface area contributed by atoms with Crippen molar-refractivity contribution in [1.82, 2.24) is 9.97 Å². The lowest BCUT2D eigenvalue weighted by molar-refractivity contribution is -0.116. The zero-order valence-electron chi connectivity index (χ0n) is 11.1. The van der Waals surface area contributed by atoms with E-state index in [0.717, 1.165) is 5.69 Å². The summed E-state index contributed by atoms with van der Waals surface area (Å²) in [4.78, 5) is 29.8. The summed E-state index contributed by atoms with van der Waals surface area (Å²) in [6, 6.07) is 6.55. The SMILES string of the molecule is COC(=O)c1ccc(NC(=O)CCc2cnc[nH]2)cc1. The molecule has 6 nitrogen and oxygen atoms in total. The molecular weight excluding hydrogens is 258 g/mol. The van der Waals surface area contributed by atoms with Crippen LogP contribution < -0.4 is 5.32 Å². The molecule has 1 heterocycles. The van der Waals surface area contributed by atoms with E-state index >= 15 is 0 Å². The van der Waals surface area contributed by atoms with Crippen molar-refractivity contribution in [3.05, 3.63) is 48.0 Å². The van der Waals surface area contributed by atoms with Crippen molar-refractivity contribution in [2.45, 2.75) is 12.8 Å². The van der Waals surface area contributed by atoms with Crippen LogP contribution in [0, 0.1) is 0 Å². The number of methoxy groups -OCH3 is 1. The minimum absolute atomic E-state index is 0.0922. The molecule has 0 atom stereocenters. The first-order chi connectivity index (χ1) is 9.69. The first-order valence-corrected chi connectivity index (χ1v) is 6.14. The van der Waals surface area contributed by atoms with E-state index in [-0.39, 0.29) is 5.91 Å². The predicted octanol–water partition coefficient (Wildman–Crippen LogP) is 1.77. The standard InChI is InChI=1S/C14H15N3O3/c1-20-14(19)10-2-4-11(5-3-10)17-13(18)7-6-12-8-15-9-16-12/h2-5,8-9H,6-7H2,1H3,(H,15,16)(H,17,18). The third-order valence-corrected chi connectivity index (χ3v) is 2.77. The van der Waals surface area contributed by atoms with Crippen molar-refractivity contribution < 1.29 is 14.3 Å². The number of hydrogen-bond donors (Lipinski definition) is 2. The molecule has 2 N–H and O–H groups in total. The van der Waals surface area contributed by atoms with Crippen molar-refractivity contribution in [2.75, 3.05) is 12.4 Å². The quantitative estimate of drug-likeness (QED) is 0.813. The van der Waals surface area contributed by atoms with Crippen LogP contribution in [0.4, 0.5) is 5.69 Å². The Hall–Kier alpha value is -2.63. The van der Waals surface area contributed by atoms with E-state index < -0.39 is 5.97 Å². The van der Waals surface area contributed by atoms with Gasteiger partial charge in [0.15, 0.2) is 0 Å². The van der Waals surface area contributed by atoms with Crippen LogP contribution in [0.15, 0.2) is 36.8 Å². The summed E-state index contributed by atoms with van der Waals surface area (Å²) < 4.78 is 4.60. The number of esters is 1. The number of hydrogen-bond acceptors (Lipinski definition) is 4. The van der Waals surface area contributed by atoms with Crippen LogP contribution >= 0.6 is 0 Å². The maximum absolute atomic E-state index is 11.7. The van der Waals surface area contributed by atoms with Gasteiger partial charge in [-0.1, -0.05) is 0 Å². The number of benzene rings is 1. The molecule has 0 saturated heterocycles. The van der Waals surface area contributed by atoms with Gasteiger partial charge in [-0.15, -0.1) is 0 Å². The van der Waals surface area contributed by atoms with Crippen molar-refractivity contribution in [3.63, 3.8) is 0 Å². The van der Waals surface area contributed by atoms with Crippen molar-refractivity contribution in [1.29, 1.82) is 0 Å². The molecule has 1 aromatic heterocycles. The summed E-state index contributed by atoms with van der Waals surface area (Å²) in [6.45, 7) is 0. The van der Waals surface area contributed by atoms with Gasteiger partial charge in [0.1, 0.15) is 0 Å². The van der Waals surface area contributed by atoms with Crippen molar-refractivity contribution >= 4 is 17.6 Å². The van der Waals surface area contributed by atoms with E-state index in [1.165, 1.54) is 7.11 Å². The number of anilines is 1. The van der Waals surface area contributed by atoms with Crippen LogP contribution in [0.2, 0.25) is 0 Å². The van der Waals surface area contributed by atoms with Gasteiger partial charge in [-0.25, -0.2) is 9.78 Å². The molecule has 0 saturated carbocycles. The number of amides is 1. The largest absolute Gasteiger partial charge is 0.465 e. The van der Waals surface area contributed by atoms with Crippen molar-refractivity contribution in [3.8, 4) is 0 Å². The Kier molecular flexibility index (Phi) is 4.49. The number of aromatic amines is 1. The fourth-order valence-corrected chi connectivity index (χ4v) is 1.70. The first kappa shape index (κ1) is 13.8. The Labute approximate surface area is 116 Å². The number of H-pyrrole nitrogens is 1. The normalized spacial score (nSPS) is 10.1.